The SMILES string of the molecule is NC(=O)CCCNS(=O)(=O)c1cc(C(=O)O)cc(F)c1F. The molecule has 0 aromatic heterocycles. The molecule has 116 valence electrons. The molecule has 1 amide bonds. The van der Waals surface area contributed by atoms with Crippen molar-refractivity contribution in [1.29, 1.82) is 0 Å². The Morgan fingerprint density at radius 1 is 1.29 bits per heavy atom. The van der Waals surface area contributed by atoms with Crippen molar-refractivity contribution in [2.45, 2.75) is 17.7 Å². The second-order valence-corrected chi connectivity index (χ2v) is 5.78. The van der Waals surface area contributed by atoms with Crippen LogP contribution in [0.1, 0.15) is 23.2 Å². The van der Waals surface area contributed by atoms with Gasteiger partial charge in [-0.25, -0.2) is 26.7 Å². The van der Waals surface area contributed by atoms with Crippen LogP contribution in [0.2, 0.25) is 0 Å². The molecule has 7 nitrogen and oxygen atoms in total. The van der Waals surface area contributed by atoms with E-state index < -0.39 is 44.0 Å². The number of hydrogen-bond donors (Lipinski definition) is 3. The Balaban J connectivity index is 3.02. The fourth-order valence-corrected chi connectivity index (χ4v) is 2.61. The van der Waals surface area contributed by atoms with Gasteiger partial charge in [-0.2, -0.15) is 0 Å². The van der Waals surface area contributed by atoms with E-state index in [9.17, 15) is 26.8 Å². The van der Waals surface area contributed by atoms with Gasteiger partial charge in [-0.1, -0.05) is 0 Å². The summed E-state index contributed by atoms with van der Waals surface area (Å²) in [6, 6.07) is 0.890. The Hall–Kier alpha value is -2.07. The van der Waals surface area contributed by atoms with Crippen molar-refractivity contribution in [2.24, 2.45) is 5.73 Å². The summed E-state index contributed by atoms with van der Waals surface area (Å²) in [7, 11) is -4.45. The number of sulfonamides is 1. The van der Waals surface area contributed by atoms with Crippen LogP contribution in [0.3, 0.4) is 0 Å². The van der Waals surface area contributed by atoms with Gasteiger partial charge in [0.1, 0.15) is 4.90 Å². The van der Waals surface area contributed by atoms with Gasteiger partial charge in [0.2, 0.25) is 15.9 Å². The largest absolute Gasteiger partial charge is 0.478 e. The molecule has 1 rings (SSSR count). The van der Waals surface area contributed by atoms with Crippen LogP contribution in [-0.4, -0.2) is 31.9 Å². The number of hydrogen-bond acceptors (Lipinski definition) is 4. The average molecular weight is 322 g/mol. The third kappa shape index (κ3) is 4.46. The summed E-state index contributed by atoms with van der Waals surface area (Å²) in [6.45, 7) is -0.233. The topological polar surface area (TPSA) is 127 Å². The number of nitrogens with one attached hydrogen (secondary N) is 1. The number of carbonyl (C=O) groups is 2. The van der Waals surface area contributed by atoms with Crippen molar-refractivity contribution in [1.82, 2.24) is 4.72 Å². The van der Waals surface area contributed by atoms with Crippen molar-refractivity contribution < 1.29 is 31.9 Å². The molecule has 0 heterocycles. The number of nitrogens with two attached hydrogens (primary N) is 1. The fraction of sp³-hybridized carbons (Fsp3) is 0.273. The van der Waals surface area contributed by atoms with Gasteiger partial charge in [-0.05, 0) is 18.6 Å². The molecule has 0 unspecified atom stereocenters. The molecule has 1 aromatic rings. The molecule has 1 aromatic carbocycles. The molecular weight excluding hydrogens is 310 g/mol. The first-order valence-corrected chi connectivity index (χ1v) is 7.14. The first-order valence-electron chi connectivity index (χ1n) is 5.65. The summed E-state index contributed by atoms with van der Waals surface area (Å²) in [6.07, 6.45) is -0.0220. The summed E-state index contributed by atoms with van der Waals surface area (Å²) in [5, 5.41) is 8.71. The third-order valence-corrected chi connectivity index (χ3v) is 3.88. The molecule has 0 saturated heterocycles. The van der Waals surface area contributed by atoms with Gasteiger partial charge in [0.05, 0.1) is 5.56 Å². The average Bonchev–Trinajstić information content (AvgIpc) is 2.37. The smallest absolute Gasteiger partial charge is 0.335 e. The Morgan fingerprint density at radius 3 is 2.43 bits per heavy atom. The van der Waals surface area contributed by atoms with Gasteiger partial charge in [0.25, 0.3) is 0 Å². The van der Waals surface area contributed by atoms with Crippen LogP contribution in [0, 0.1) is 11.6 Å². The highest BCUT2D eigenvalue weighted by atomic mass is 32.2. The van der Waals surface area contributed by atoms with Crippen LogP contribution in [0.4, 0.5) is 8.78 Å². The summed E-state index contributed by atoms with van der Waals surface area (Å²) < 4.78 is 52.3. The number of rotatable bonds is 7. The maximum Gasteiger partial charge on any atom is 0.335 e. The normalized spacial score (nSPS) is 11.3. The van der Waals surface area contributed by atoms with Crippen molar-refractivity contribution in [3.8, 4) is 0 Å². The van der Waals surface area contributed by atoms with Gasteiger partial charge in [-0.15, -0.1) is 0 Å². The number of primary amides is 1. The van der Waals surface area contributed by atoms with E-state index in [0.29, 0.717) is 12.1 Å². The second kappa shape index (κ2) is 6.59. The van der Waals surface area contributed by atoms with Gasteiger partial charge in [0.15, 0.2) is 11.6 Å². The molecule has 0 aliphatic heterocycles. The van der Waals surface area contributed by atoms with E-state index in [1.807, 2.05) is 4.72 Å². The molecule has 0 spiro atoms. The van der Waals surface area contributed by atoms with Crippen LogP contribution in [0.25, 0.3) is 0 Å². The van der Waals surface area contributed by atoms with Crippen LogP contribution in [0.15, 0.2) is 17.0 Å². The fourth-order valence-electron chi connectivity index (χ4n) is 1.43. The minimum absolute atomic E-state index is 0.0668. The number of amides is 1. The molecule has 0 radical (unpaired) electrons. The first kappa shape index (κ1) is 17.0. The van der Waals surface area contributed by atoms with Crippen molar-refractivity contribution >= 4 is 21.9 Å². The molecule has 0 bridgehead atoms. The summed E-state index contributed by atoms with van der Waals surface area (Å²) >= 11 is 0. The number of halogens is 2. The quantitative estimate of drug-likeness (QED) is 0.618. The molecule has 4 N–H and O–H groups in total. The molecule has 0 fully saturated rings. The molecule has 10 heteroatoms. The number of carboxylic acids is 1. The first-order chi connectivity index (χ1) is 9.65. The zero-order valence-corrected chi connectivity index (χ0v) is 11.4. The van der Waals surface area contributed by atoms with E-state index in [0.717, 1.165) is 0 Å². The highest BCUT2D eigenvalue weighted by Gasteiger charge is 2.24. The monoisotopic (exact) mass is 322 g/mol. The van der Waals surface area contributed by atoms with Gasteiger partial charge in [-0.3, -0.25) is 4.79 Å². The molecule has 0 atom stereocenters. The standard InChI is InChI=1S/C11H12F2N2O5S/c12-7-4-6(11(17)18)5-8(10(7)13)21(19,20)15-3-1-2-9(14)16/h4-5,15H,1-3H2,(H2,14,16)(H,17,18). The lowest BCUT2D eigenvalue weighted by molar-refractivity contribution is -0.118. The van der Waals surface area contributed by atoms with E-state index >= 15 is 0 Å². The van der Waals surface area contributed by atoms with Crippen molar-refractivity contribution in [3.05, 3.63) is 29.3 Å². The highest BCUT2D eigenvalue weighted by Crippen LogP contribution is 2.20. The zero-order chi connectivity index (χ0) is 16.2. The molecule has 0 aliphatic carbocycles. The summed E-state index contributed by atoms with van der Waals surface area (Å²) in [5.41, 5.74) is 4.16. The van der Waals surface area contributed by atoms with Crippen molar-refractivity contribution in [2.75, 3.05) is 6.54 Å². The molecular formula is C11H12F2N2O5S. The van der Waals surface area contributed by atoms with Crippen LogP contribution >= 0.6 is 0 Å². The van der Waals surface area contributed by atoms with Crippen molar-refractivity contribution in [3.63, 3.8) is 0 Å². The van der Waals surface area contributed by atoms with E-state index in [-0.39, 0.29) is 19.4 Å². The van der Waals surface area contributed by atoms with Crippen LogP contribution < -0.4 is 10.5 Å². The highest BCUT2D eigenvalue weighted by molar-refractivity contribution is 7.89. The van der Waals surface area contributed by atoms with Gasteiger partial charge in [0, 0.05) is 13.0 Å². The van der Waals surface area contributed by atoms with E-state index in [4.69, 9.17) is 10.8 Å². The van der Waals surface area contributed by atoms with E-state index in [2.05, 4.69) is 0 Å². The number of benzene rings is 1. The third-order valence-electron chi connectivity index (χ3n) is 2.42. The number of aromatic carboxylic acids is 1. The number of carboxylic acid groups (broad SMARTS) is 1. The van der Waals surface area contributed by atoms with E-state index in [1.165, 1.54) is 0 Å². The Bertz CT molecular complexity index is 675. The number of carbonyl (C=O) groups excluding carboxylic acids is 1. The predicted octanol–water partition coefficient (Wildman–Crippen LogP) is 0.207. The summed E-state index contributed by atoms with van der Waals surface area (Å²) in [5.74, 6) is -5.51. The van der Waals surface area contributed by atoms with Gasteiger partial charge < -0.3 is 10.8 Å². The summed E-state index contributed by atoms with van der Waals surface area (Å²) in [4.78, 5) is 20.1. The maximum absolute atomic E-state index is 13.5. The predicted molar refractivity (Wildman–Crippen MR) is 66.9 cm³/mol. The molecule has 21 heavy (non-hydrogen) atoms. The Labute approximate surface area is 118 Å². The lowest BCUT2D eigenvalue weighted by Crippen LogP contribution is -2.27. The van der Waals surface area contributed by atoms with Crippen LogP contribution in [-0.2, 0) is 14.8 Å². The second-order valence-electron chi connectivity index (χ2n) is 4.04. The minimum atomic E-state index is -4.45. The lowest BCUT2D eigenvalue weighted by atomic mass is 10.2. The minimum Gasteiger partial charge on any atom is -0.478 e. The van der Waals surface area contributed by atoms with Gasteiger partial charge >= 0.3 is 5.97 Å². The lowest BCUT2D eigenvalue weighted by Gasteiger charge is -2.08. The molecule has 0 saturated carbocycles. The molecule has 0 aliphatic rings. The Morgan fingerprint density at radius 2 is 1.90 bits per heavy atom. The van der Waals surface area contributed by atoms with E-state index in [1.54, 1.807) is 0 Å². The maximum atomic E-state index is 13.5. The Kier molecular flexibility index (Phi) is 5.33. The van der Waals surface area contributed by atoms with Crippen LogP contribution in [0.5, 0.6) is 0 Å². The zero-order valence-electron chi connectivity index (χ0n) is 10.6.